The van der Waals surface area contributed by atoms with Crippen LogP contribution < -0.4 is 10.5 Å². The van der Waals surface area contributed by atoms with Crippen LogP contribution in [0.4, 0.5) is 5.69 Å². The fourth-order valence-electron chi connectivity index (χ4n) is 2.38. The van der Waals surface area contributed by atoms with Gasteiger partial charge in [0, 0.05) is 25.7 Å². The highest BCUT2D eigenvalue weighted by Crippen LogP contribution is 2.26. The Morgan fingerprint density at radius 2 is 1.96 bits per heavy atom. The summed E-state index contributed by atoms with van der Waals surface area (Å²) in [6.45, 7) is 0.458. The summed E-state index contributed by atoms with van der Waals surface area (Å²) in [6, 6.07) is 12.6. The number of hydrogen-bond donors (Lipinski definition) is 2. The number of halogens is 1. The Labute approximate surface area is 148 Å². The van der Waals surface area contributed by atoms with E-state index in [2.05, 4.69) is 0 Å². The number of anilines is 1. The van der Waals surface area contributed by atoms with Crippen molar-refractivity contribution < 1.29 is 14.6 Å². The summed E-state index contributed by atoms with van der Waals surface area (Å²) in [5.41, 5.74) is 8.49. The van der Waals surface area contributed by atoms with Crippen LogP contribution in [0.5, 0.6) is 11.5 Å². The van der Waals surface area contributed by atoms with Gasteiger partial charge < -0.3 is 20.5 Å². The van der Waals surface area contributed by atoms with Gasteiger partial charge in [-0.2, -0.15) is 0 Å². The largest absolute Gasteiger partial charge is 0.504 e. The van der Waals surface area contributed by atoms with Gasteiger partial charge in [-0.3, -0.25) is 4.79 Å². The topological polar surface area (TPSA) is 75.8 Å². The van der Waals surface area contributed by atoms with Gasteiger partial charge in [-0.05, 0) is 35.7 Å². The number of hydrogen-bond acceptors (Lipinski definition) is 4. The number of rotatable bonds is 6. The SMILES string of the molecule is COc1cc(CN(C)C(=O)CCc2ccccc2N)ccc1O.Cl. The number of amides is 1. The molecule has 2 aromatic carbocycles. The fraction of sp³-hybridized carbons (Fsp3) is 0.278. The average molecular weight is 351 g/mol. The predicted octanol–water partition coefficient (Wildman–Crippen LogP) is 3.00. The number of methoxy groups -OCH3 is 1. The second-order valence-corrected chi connectivity index (χ2v) is 5.45. The van der Waals surface area contributed by atoms with E-state index in [1.165, 1.54) is 7.11 Å². The summed E-state index contributed by atoms with van der Waals surface area (Å²) in [4.78, 5) is 13.9. The quantitative estimate of drug-likeness (QED) is 0.785. The second kappa shape index (κ2) is 9.03. The van der Waals surface area contributed by atoms with E-state index in [0.29, 0.717) is 30.8 Å². The first-order valence-corrected chi connectivity index (χ1v) is 7.44. The zero-order valence-corrected chi connectivity index (χ0v) is 14.7. The van der Waals surface area contributed by atoms with Crippen molar-refractivity contribution in [2.75, 3.05) is 19.9 Å². The molecule has 0 aromatic heterocycles. The van der Waals surface area contributed by atoms with Gasteiger partial charge in [0.15, 0.2) is 11.5 Å². The van der Waals surface area contributed by atoms with E-state index < -0.39 is 0 Å². The molecule has 0 spiro atoms. The second-order valence-electron chi connectivity index (χ2n) is 5.45. The van der Waals surface area contributed by atoms with Crippen LogP contribution in [0, 0.1) is 0 Å². The number of ether oxygens (including phenoxy) is 1. The molecule has 0 heterocycles. The molecular formula is C18H23ClN2O3. The van der Waals surface area contributed by atoms with Gasteiger partial charge in [0.25, 0.3) is 0 Å². The van der Waals surface area contributed by atoms with Crippen LogP contribution in [0.25, 0.3) is 0 Å². The maximum absolute atomic E-state index is 12.3. The summed E-state index contributed by atoms with van der Waals surface area (Å²) < 4.78 is 5.08. The molecule has 24 heavy (non-hydrogen) atoms. The lowest BCUT2D eigenvalue weighted by Crippen LogP contribution is -2.26. The normalized spacial score (nSPS) is 9.92. The molecule has 0 aliphatic rings. The Bertz CT molecular complexity index is 692. The molecule has 0 aliphatic heterocycles. The highest BCUT2D eigenvalue weighted by molar-refractivity contribution is 5.85. The maximum Gasteiger partial charge on any atom is 0.222 e. The molecule has 2 aromatic rings. The van der Waals surface area contributed by atoms with Gasteiger partial charge in [-0.25, -0.2) is 0 Å². The van der Waals surface area contributed by atoms with Crippen LogP contribution in [-0.4, -0.2) is 30.1 Å². The van der Waals surface area contributed by atoms with Crippen LogP contribution in [-0.2, 0) is 17.8 Å². The smallest absolute Gasteiger partial charge is 0.222 e. The zero-order chi connectivity index (χ0) is 16.8. The molecule has 0 atom stereocenters. The molecule has 0 aliphatic carbocycles. The summed E-state index contributed by atoms with van der Waals surface area (Å²) in [5, 5.41) is 9.60. The fourth-order valence-corrected chi connectivity index (χ4v) is 2.38. The summed E-state index contributed by atoms with van der Waals surface area (Å²) in [5.74, 6) is 0.533. The van der Waals surface area contributed by atoms with Gasteiger partial charge in [0.05, 0.1) is 7.11 Å². The summed E-state index contributed by atoms with van der Waals surface area (Å²) in [6.07, 6.45) is 1.02. The predicted molar refractivity (Wildman–Crippen MR) is 97.6 cm³/mol. The Hall–Kier alpha value is -2.40. The van der Waals surface area contributed by atoms with Gasteiger partial charge in [0.2, 0.25) is 5.91 Å². The zero-order valence-electron chi connectivity index (χ0n) is 13.9. The van der Waals surface area contributed by atoms with Crippen LogP contribution in [0.2, 0.25) is 0 Å². The lowest BCUT2D eigenvalue weighted by Gasteiger charge is -2.18. The molecule has 5 nitrogen and oxygen atoms in total. The van der Waals surface area contributed by atoms with Crippen molar-refractivity contribution in [2.24, 2.45) is 0 Å². The minimum atomic E-state index is 0. The Morgan fingerprint density at radius 3 is 2.62 bits per heavy atom. The molecular weight excluding hydrogens is 328 g/mol. The number of nitrogens with zero attached hydrogens (tertiary/aromatic N) is 1. The molecule has 1 amide bonds. The van der Waals surface area contributed by atoms with Crippen LogP contribution >= 0.6 is 12.4 Å². The van der Waals surface area contributed by atoms with Gasteiger partial charge >= 0.3 is 0 Å². The number of nitrogens with two attached hydrogens (primary N) is 1. The van der Waals surface area contributed by atoms with E-state index in [9.17, 15) is 9.90 Å². The number of aryl methyl sites for hydroxylation is 1. The maximum atomic E-state index is 12.3. The van der Waals surface area contributed by atoms with Gasteiger partial charge in [-0.1, -0.05) is 24.3 Å². The van der Waals surface area contributed by atoms with Gasteiger partial charge in [0.1, 0.15) is 0 Å². The molecule has 6 heteroatoms. The number of carbonyl (C=O) groups is 1. The van der Waals surface area contributed by atoms with Crippen molar-refractivity contribution in [2.45, 2.75) is 19.4 Å². The molecule has 0 fully saturated rings. The molecule has 0 saturated heterocycles. The third kappa shape index (κ3) is 5.06. The van der Waals surface area contributed by atoms with Crippen molar-refractivity contribution in [3.05, 3.63) is 53.6 Å². The first-order chi connectivity index (χ1) is 11.0. The number of aromatic hydroxyl groups is 1. The Morgan fingerprint density at radius 1 is 1.25 bits per heavy atom. The van der Waals surface area contributed by atoms with E-state index >= 15 is 0 Å². The average Bonchev–Trinajstić information content (AvgIpc) is 2.55. The monoisotopic (exact) mass is 350 g/mol. The first-order valence-electron chi connectivity index (χ1n) is 7.44. The van der Waals surface area contributed by atoms with Crippen molar-refractivity contribution in [3.8, 4) is 11.5 Å². The van der Waals surface area contributed by atoms with Crippen molar-refractivity contribution >= 4 is 24.0 Å². The first kappa shape index (κ1) is 19.6. The summed E-state index contributed by atoms with van der Waals surface area (Å²) >= 11 is 0. The number of phenols is 1. The third-order valence-electron chi connectivity index (χ3n) is 3.75. The summed E-state index contributed by atoms with van der Waals surface area (Å²) in [7, 11) is 3.26. The van der Waals surface area contributed by atoms with Crippen LogP contribution in [0.1, 0.15) is 17.5 Å². The van der Waals surface area contributed by atoms with E-state index in [0.717, 1.165) is 11.1 Å². The van der Waals surface area contributed by atoms with E-state index in [1.807, 2.05) is 24.3 Å². The number of carbonyl (C=O) groups excluding carboxylic acids is 1. The minimum Gasteiger partial charge on any atom is -0.504 e. The molecule has 3 N–H and O–H groups in total. The van der Waals surface area contributed by atoms with Crippen LogP contribution in [0.3, 0.4) is 0 Å². The molecule has 0 bridgehead atoms. The molecule has 2 rings (SSSR count). The van der Waals surface area contributed by atoms with Gasteiger partial charge in [-0.15, -0.1) is 12.4 Å². The van der Waals surface area contributed by atoms with E-state index in [1.54, 1.807) is 30.1 Å². The number of para-hydroxylation sites is 1. The number of nitrogen functional groups attached to an aromatic ring is 1. The molecule has 0 radical (unpaired) electrons. The Kier molecular flexibility index (Phi) is 7.39. The Balaban J connectivity index is 0.00000288. The highest BCUT2D eigenvalue weighted by atomic mass is 35.5. The minimum absolute atomic E-state index is 0. The molecule has 0 unspecified atom stereocenters. The van der Waals surface area contributed by atoms with E-state index in [4.69, 9.17) is 10.5 Å². The van der Waals surface area contributed by atoms with Crippen molar-refractivity contribution in [1.82, 2.24) is 4.90 Å². The molecule has 130 valence electrons. The van der Waals surface area contributed by atoms with Crippen molar-refractivity contribution in [3.63, 3.8) is 0 Å². The highest BCUT2D eigenvalue weighted by Gasteiger charge is 2.11. The molecule has 0 saturated carbocycles. The number of benzene rings is 2. The number of phenolic OH excluding ortho intramolecular Hbond substituents is 1. The van der Waals surface area contributed by atoms with E-state index in [-0.39, 0.29) is 24.1 Å². The lowest BCUT2D eigenvalue weighted by molar-refractivity contribution is -0.130. The van der Waals surface area contributed by atoms with Crippen molar-refractivity contribution in [1.29, 1.82) is 0 Å². The van der Waals surface area contributed by atoms with Crippen LogP contribution in [0.15, 0.2) is 42.5 Å². The third-order valence-corrected chi connectivity index (χ3v) is 3.75. The lowest BCUT2D eigenvalue weighted by atomic mass is 10.1. The standard InChI is InChI=1S/C18H22N2O3.ClH/c1-20(12-13-7-9-16(21)17(11-13)23-2)18(22)10-8-14-5-3-4-6-15(14)19;/h3-7,9,11,21H,8,10,12,19H2,1-2H3;1H.